The number of thioether (sulfide) groups is 1. The summed E-state index contributed by atoms with van der Waals surface area (Å²) in [6.07, 6.45) is 1.39. The molecule has 0 saturated carbocycles. The molecule has 5 nitrogen and oxygen atoms in total. The van der Waals surface area contributed by atoms with Gasteiger partial charge in [-0.15, -0.1) is 0 Å². The van der Waals surface area contributed by atoms with Gasteiger partial charge in [-0.25, -0.2) is 4.98 Å². The number of halogens is 1. The SMILES string of the molecule is O=C(C1CN(c2ncccc2Br)CCO1)N1CCSCC1. The Morgan fingerprint density at radius 3 is 2.95 bits per heavy atom. The summed E-state index contributed by atoms with van der Waals surface area (Å²) in [6.45, 7) is 3.54. The van der Waals surface area contributed by atoms with Crippen molar-refractivity contribution < 1.29 is 9.53 Å². The van der Waals surface area contributed by atoms with Gasteiger partial charge < -0.3 is 14.5 Å². The van der Waals surface area contributed by atoms with Crippen LogP contribution in [-0.4, -0.2) is 66.2 Å². The van der Waals surface area contributed by atoms with Crippen LogP contribution in [0, 0.1) is 0 Å². The van der Waals surface area contributed by atoms with Gasteiger partial charge >= 0.3 is 0 Å². The molecule has 0 aromatic carbocycles. The molecule has 1 atom stereocenters. The molecule has 7 heteroatoms. The van der Waals surface area contributed by atoms with E-state index in [1.54, 1.807) is 6.20 Å². The van der Waals surface area contributed by atoms with E-state index in [4.69, 9.17) is 4.74 Å². The topological polar surface area (TPSA) is 45.7 Å². The average Bonchev–Trinajstić information content (AvgIpc) is 2.55. The fourth-order valence-electron chi connectivity index (χ4n) is 2.59. The number of pyridine rings is 1. The van der Waals surface area contributed by atoms with Crippen molar-refractivity contribution in [3.63, 3.8) is 0 Å². The molecule has 0 radical (unpaired) electrons. The summed E-state index contributed by atoms with van der Waals surface area (Å²) < 4.78 is 6.65. The van der Waals surface area contributed by atoms with E-state index in [-0.39, 0.29) is 12.0 Å². The summed E-state index contributed by atoms with van der Waals surface area (Å²) in [5.41, 5.74) is 0. The second-order valence-electron chi connectivity index (χ2n) is 5.05. The van der Waals surface area contributed by atoms with Crippen molar-refractivity contribution in [3.8, 4) is 0 Å². The number of hydrogen-bond acceptors (Lipinski definition) is 5. The second kappa shape index (κ2) is 6.98. The molecule has 1 aromatic heterocycles. The Bertz CT molecular complexity index is 511. The number of carbonyl (C=O) groups is 1. The zero-order valence-corrected chi connectivity index (χ0v) is 14.1. The van der Waals surface area contributed by atoms with Crippen molar-refractivity contribution in [2.75, 3.05) is 49.2 Å². The monoisotopic (exact) mass is 371 g/mol. The predicted octanol–water partition coefficient (Wildman–Crippen LogP) is 1.62. The number of anilines is 1. The van der Waals surface area contributed by atoms with Gasteiger partial charge in [0, 0.05) is 37.3 Å². The van der Waals surface area contributed by atoms with Crippen LogP contribution in [0.1, 0.15) is 0 Å². The molecule has 1 unspecified atom stereocenters. The van der Waals surface area contributed by atoms with Crippen LogP contribution in [0.25, 0.3) is 0 Å². The highest BCUT2D eigenvalue weighted by atomic mass is 79.9. The van der Waals surface area contributed by atoms with Gasteiger partial charge in [-0.1, -0.05) is 0 Å². The molecule has 114 valence electrons. The van der Waals surface area contributed by atoms with Crippen LogP contribution in [0.4, 0.5) is 5.82 Å². The van der Waals surface area contributed by atoms with Crippen molar-refractivity contribution in [1.82, 2.24) is 9.88 Å². The lowest BCUT2D eigenvalue weighted by Gasteiger charge is -2.36. The van der Waals surface area contributed by atoms with Gasteiger partial charge in [0.2, 0.25) is 0 Å². The van der Waals surface area contributed by atoms with Crippen molar-refractivity contribution in [2.45, 2.75) is 6.10 Å². The van der Waals surface area contributed by atoms with E-state index in [0.29, 0.717) is 13.2 Å². The molecular weight excluding hydrogens is 354 g/mol. The summed E-state index contributed by atoms with van der Waals surface area (Å²) in [7, 11) is 0. The molecule has 21 heavy (non-hydrogen) atoms. The average molecular weight is 372 g/mol. The molecule has 0 spiro atoms. The Kier molecular flexibility index (Phi) is 5.03. The molecule has 3 rings (SSSR count). The van der Waals surface area contributed by atoms with Crippen LogP contribution in [0.15, 0.2) is 22.8 Å². The Morgan fingerprint density at radius 1 is 1.38 bits per heavy atom. The Morgan fingerprint density at radius 2 is 2.19 bits per heavy atom. The zero-order valence-electron chi connectivity index (χ0n) is 11.7. The van der Waals surface area contributed by atoms with E-state index in [1.807, 2.05) is 28.8 Å². The summed E-state index contributed by atoms with van der Waals surface area (Å²) in [6, 6.07) is 3.86. The normalized spacial score (nSPS) is 23.2. The fraction of sp³-hybridized carbons (Fsp3) is 0.571. The highest BCUT2D eigenvalue weighted by Gasteiger charge is 2.31. The molecule has 0 bridgehead atoms. The van der Waals surface area contributed by atoms with E-state index < -0.39 is 0 Å². The molecule has 2 aliphatic rings. The summed E-state index contributed by atoms with van der Waals surface area (Å²) in [5.74, 6) is 3.04. The van der Waals surface area contributed by atoms with E-state index >= 15 is 0 Å². The standard InChI is InChI=1S/C14H18BrN3O2S/c15-11-2-1-3-16-13(11)18-4-7-20-12(10-18)14(19)17-5-8-21-9-6-17/h1-3,12H,4-10H2. The van der Waals surface area contributed by atoms with Gasteiger partial charge in [0.05, 0.1) is 17.6 Å². The van der Waals surface area contributed by atoms with Crippen LogP contribution < -0.4 is 4.90 Å². The van der Waals surface area contributed by atoms with E-state index in [0.717, 1.165) is 41.4 Å². The van der Waals surface area contributed by atoms with Crippen LogP contribution in [0.2, 0.25) is 0 Å². The first-order valence-electron chi connectivity index (χ1n) is 7.09. The first kappa shape index (κ1) is 15.1. The number of rotatable bonds is 2. The van der Waals surface area contributed by atoms with Gasteiger partial charge in [-0.3, -0.25) is 4.79 Å². The van der Waals surface area contributed by atoms with Crippen molar-refractivity contribution >= 4 is 39.4 Å². The second-order valence-corrected chi connectivity index (χ2v) is 7.13. The summed E-state index contributed by atoms with van der Waals surface area (Å²) in [4.78, 5) is 21.0. The predicted molar refractivity (Wildman–Crippen MR) is 87.8 cm³/mol. The number of carbonyl (C=O) groups excluding carboxylic acids is 1. The largest absolute Gasteiger partial charge is 0.365 e. The lowest BCUT2D eigenvalue weighted by molar-refractivity contribution is -0.144. The van der Waals surface area contributed by atoms with Crippen molar-refractivity contribution in [3.05, 3.63) is 22.8 Å². The van der Waals surface area contributed by atoms with Gasteiger partial charge in [0.1, 0.15) is 5.82 Å². The van der Waals surface area contributed by atoms with Crippen LogP contribution in [-0.2, 0) is 9.53 Å². The van der Waals surface area contributed by atoms with Crippen molar-refractivity contribution in [2.24, 2.45) is 0 Å². The number of nitrogens with zero attached hydrogens (tertiary/aromatic N) is 3. The molecule has 0 aliphatic carbocycles. The maximum Gasteiger partial charge on any atom is 0.253 e. The smallest absolute Gasteiger partial charge is 0.253 e. The highest BCUT2D eigenvalue weighted by Crippen LogP contribution is 2.25. The molecule has 2 saturated heterocycles. The molecule has 2 fully saturated rings. The van der Waals surface area contributed by atoms with Crippen molar-refractivity contribution in [1.29, 1.82) is 0 Å². The zero-order chi connectivity index (χ0) is 14.7. The minimum absolute atomic E-state index is 0.118. The number of amides is 1. The lowest BCUT2D eigenvalue weighted by atomic mass is 10.2. The Balaban J connectivity index is 1.68. The molecule has 3 heterocycles. The van der Waals surface area contributed by atoms with E-state index in [9.17, 15) is 4.79 Å². The fourth-order valence-corrected chi connectivity index (χ4v) is 4.00. The first-order valence-corrected chi connectivity index (χ1v) is 9.04. The number of ether oxygens (including phenoxy) is 1. The minimum Gasteiger partial charge on any atom is -0.365 e. The van der Waals surface area contributed by atoms with E-state index in [1.165, 1.54) is 0 Å². The van der Waals surface area contributed by atoms with Crippen LogP contribution >= 0.6 is 27.7 Å². The maximum absolute atomic E-state index is 12.5. The van der Waals surface area contributed by atoms with Gasteiger partial charge in [0.15, 0.2) is 6.10 Å². The number of aromatic nitrogens is 1. The Hall–Kier alpha value is -0.790. The third-order valence-electron chi connectivity index (χ3n) is 3.70. The molecule has 2 aliphatic heterocycles. The Labute approximate surface area is 137 Å². The minimum atomic E-state index is -0.379. The van der Waals surface area contributed by atoms with Crippen LogP contribution in [0.3, 0.4) is 0 Å². The van der Waals surface area contributed by atoms with E-state index in [2.05, 4.69) is 25.8 Å². The van der Waals surface area contributed by atoms with Gasteiger partial charge in [0.25, 0.3) is 5.91 Å². The number of hydrogen-bond donors (Lipinski definition) is 0. The lowest BCUT2D eigenvalue weighted by Crippen LogP contribution is -2.52. The quantitative estimate of drug-likeness (QED) is 0.790. The molecule has 0 N–H and O–H groups in total. The molecular formula is C14H18BrN3O2S. The third-order valence-corrected chi connectivity index (χ3v) is 5.26. The first-order chi connectivity index (χ1) is 10.3. The third kappa shape index (κ3) is 3.52. The summed E-state index contributed by atoms with van der Waals surface area (Å²) >= 11 is 5.42. The number of morpholine rings is 1. The summed E-state index contributed by atoms with van der Waals surface area (Å²) in [5, 5.41) is 0. The highest BCUT2D eigenvalue weighted by molar-refractivity contribution is 9.10. The van der Waals surface area contributed by atoms with Gasteiger partial charge in [-0.2, -0.15) is 11.8 Å². The van der Waals surface area contributed by atoms with Gasteiger partial charge in [-0.05, 0) is 28.1 Å². The van der Waals surface area contributed by atoms with Crippen LogP contribution in [0.5, 0.6) is 0 Å². The molecule has 1 aromatic rings. The maximum atomic E-state index is 12.5. The molecule has 1 amide bonds.